The van der Waals surface area contributed by atoms with Crippen LogP contribution in [0.1, 0.15) is 22.8 Å². The minimum atomic E-state index is -0.0565. The molecule has 0 unspecified atom stereocenters. The maximum atomic E-state index is 12.6. The number of benzene rings is 2. The number of anilines is 1. The van der Waals surface area contributed by atoms with E-state index < -0.39 is 0 Å². The van der Waals surface area contributed by atoms with Gasteiger partial charge < -0.3 is 15.1 Å². The van der Waals surface area contributed by atoms with Gasteiger partial charge >= 0.3 is 0 Å². The Morgan fingerprint density at radius 2 is 1.79 bits per heavy atom. The van der Waals surface area contributed by atoms with Gasteiger partial charge in [0.2, 0.25) is 0 Å². The quantitative estimate of drug-likeness (QED) is 0.780. The molecule has 2 N–H and O–H groups in total. The van der Waals surface area contributed by atoms with E-state index in [1.165, 1.54) is 4.90 Å². The molecule has 1 fully saturated rings. The van der Waals surface area contributed by atoms with Crippen LogP contribution < -0.4 is 10.2 Å². The second kappa shape index (κ2) is 9.41. The first-order valence-corrected chi connectivity index (χ1v) is 10.2. The first kappa shape index (κ1) is 20.6. The molecule has 3 rings (SSSR count). The van der Waals surface area contributed by atoms with Crippen LogP contribution in [0.2, 0.25) is 10.0 Å². The number of para-hydroxylation sites is 1. The van der Waals surface area contributed by atoms with E-state index in [0.717, 1.165) is 30.8 Å². The topological polar surface area (TPSA) is 53.9 Å². The summed E-state index contributed by atoms with van der Waals surface area (Å²) in [5.74, 6) is -0.0564. The number of amides is 2. The maximum absolute atomic E-state index is 12.6. The smallest absolute Gasteiger partial charge is 0.279 e. The van der Waals surface area contributed by atoms with Crippen LogP contribution in [0.15, 0.2) is 42.5 Å². The van der Waals surface area contributed by atoms with Crippen LogP contribution in [0, 0.1) is 0 Å². The number of piperazine rings is 1. The summed E-state index contributed by atoms with van der Waals surface area (Å²) in [4.78, 5) is 28.0. The summed E-state index contributed by atoms with van der Waals surface area (Å²) in [6.45, 7) is 5.14. The number of carbonyl (C=O) groups is 2. The summed E-state index contributed by atoms with van der Waals surface area (Å²) >= 11 is 11.9. The number of halogens is 2. The molecule has 0 aromatic heterocycles. The van der Waals surface area contributed by atoms with E-state index in [1.54, 1.807) is 23.1 Å². The van der Waals surface area contributed by atoms with Gasteiger partial charge in [0.1, 0.15) is 0 Å². The molecule has 0 bridgehead atoms. The molecule has 0 saturated carbocycles. The Kier molecular flexibility index (Phi) is 6.94. The van der Waals surface area contributed by atoms with E-state index in [-0.39, 0.29) is 11.8 Å². The van der Waals surface area contributed by atoms with Crippen molar-refractivity contribution >= 4 is 40.7 Å². The summed E-state index contributed by atoms with van der Waals surface area (Å²) < 4.78 is 0. The summed E-state index contributed by atoms with van der Waals surface area (Å²) in [6, 6.07) is 12.8. The Morgan fingerprint density at radius 1 is 1.07 bits per heavy atom. The molecule has 0 atom stereocenters. The highest BCUT2D eigenvalue weighted by atomic mass is 35.5. The third kappa shape index (κ3) is 5.04. The van der Waals surface area contributed by atoms with Crippen LogP contribution in [0.4, 0.5) is 5.69 Å². The fourth-order valence-electron chi connectivity index (χ4n) is 3.39. The summed E-state index contributed by atoms with van der Waals surface area (Å²) in [5, 5.41) is 3.82. The molecular weight excluding hydrogens is 397 g/mol. The number of aryl methyl sites for hydroxylation is 1. The van der Waals surface area contributed by atoms with Crippen LogP contribution in [0.25, 0.3) is 0 Å². The van der Waals surface area contributed by atoms with Crippen LogP contribution >= 0.6 is 23.2 Å². The monoisotopic (exact) mass is 420 g/mol. The largest absolute Gasteiger partial charge is 0.327 e. The van der Waals surface area contributed by atoms with Crippen molar-refractivity contribution in [3.63, 3.8) is 0 Å². The Labute approximate surface area is 175 Å². The zero-order chi connectivity index (χ0) is 20.1. The predicted octanol–water partition coefficient (Wildman–Crippen LogP) is 2.54. The molecule has 2 amide bonds. The minimum absolute atomic E-state index is 0.000148. The second-order valence-electron chi connectivity index (χ2n) is 6.91. The van der Waals surface area contributed by atoms with E-state index >= 15 is 0 Å². The number of nitrogens with one attached hydrogen (secondary N) is 2. The highest BCUT2D eigenvalue weighted by Crippen LogP contribution is 2.23. The van der Waals surface area contributed by atoms with Crippen molar-refractivity contribution in [2.75, 3.05) is 38.0 Å². The van der Waals surface area contributed by atoms with Gasteiger partial charge in [-0.25, -0.2) is 0 Å². The molecule has 0 spiro atoms. The number of rotatable bonds is 5. The molecular formula is C21H24Cl2N3O2+. The molecule has 2 aromatic rings. The number of nitrogens with zero attached hydrogens (tertiary/aromatic N) is 1. The van der Waals surface area contributed by atoms with Gasteiger partial charge in [0.05, 0.1) is 36.2 Å². The van der Waals surface area contributed by atoms with E-state index in [2.05, 4.69) is 12.2 Å². The average molecular weight is 421 g/mol. The zero-order valence-corrected chi connectivity index (χ0v) is 17.3. The molecule has 7 heteroatoms. The van der Waals surface area contributed by atoms with Gasteiger partial charge in [-0.15, -0.1) is 0 Å². The van der Waals surface area contributed by atoms with E-state index in [9.17, 15) is 9.59 Å². The molecule has 1 saturated heterocycles. The van der Waals surface area contributed by atoms with Gasteiger partial charge in [0.15, 0.2) is 6.54 Å². The average Bonchev–Trinajstić information content (AvgIpc) is 2.70. The highest BCUT2D eigenvalue weighted by molar-refractivity contribution is 6.42. The minimum Gasteiger partial charge on any atom is -0.327 e. The Hall–Kier alpha value is -2.08. The maximum Gasteiger partial charge on any atom is 0.279 e. The third-order valence-corrected chi connectivity index (χ3v) is 5.75. The Bertz CT molecular complexity index is 864. The summed E-state index contributed by atoms with van der Waals surface area (Å²) in [5.41, 5.74) is 2.54. The van der Waals surface area contributed by atoms with Gasteiger partial charge in [-0.3, -0.25) is 9.59 Å². The van der Waals surface area contributed by atoms with Gasteiger partial charge in [-0.1, -0.05) is 48.3 Å². The lowest BCUT2D eigenvalue weighted by Gasteiger charge is -2.32. The van der Waals surface area contributed by atoms with Crippen molar-refractivity contribution in [2.24, 2.45) is 0 Å². The molecule has 1 heterocycles. The van der Waals surface area contributed by atoms with Crippen molar-refractivity contribution in [1.82, 2.24) is 4.90 Å². The second-order valence-corrected chi connectivity index (χ2v) is 7.72. The number of carbonyl (C=O) groups excluding carboxylic acids is 2. The van der Waals surface area contributed by atoms with Crippen molar-refractivity contribution in [3.05, 3.63) is 63.6 Å². The number of hydrogen-bond donors (Lipinski definition) is 2. The van der Waals surface area contributed by atoms with Crippen molar-refractivity contribution in [2.45, 2.75) is 13.3 Å². The first-order chi connectivity index (χ1) is 13.5. The third-order valence-electron chi connectivity index (χ3n) is 5.01. The first-order valence-electron chi connectivity index (χ1n) is 9.43. The van der Waals surface area contributed by atoms with Crippen LogP contribution in [0.3, 0.4) is 0 Å². The molecule has 5 nitrogen and oxygen atoms in total. The van der Waals surface area contributed by atoms with Crippen molar-refractivity contribution in [3.8, 4) is 0 Å². The molecule has 0 aliphatic carbocycles. The van der Waals surface area contributed by atoms with E-state index in [0.29, 0.717) is 35.2 Å². The van der Waals surface area contributed by atoms with Crippen molar-refractivity contribution < 1.29 is 14.5 Å². The molecule has 2 aromatic carbocycles. The van der Waals surface area contributed by atoms with Crippen LogP contribution in [0.5, 0.6) is 0 Å². The van der Waals surface area contributed by atoms with Crippen LogP contribution in [-0.4, -0.2) is 49.4 Å². The Morgan fingerprint density at radius 3 is 2.46 bits per heavy atom. The lowest BCUT2D eigenvalue weighted by molar-refractivity contribution is -0.895. The molecule has 1 aliphatic heterocycles. The molecule has 28 heavy (non-hydrogen) atoms. The fourth-order valence-corrected chi connectivity index (χ4v) is 3.68. The van der Waals surface area contributed by atoms with Gasteiger partial charge in [-0.05, 0) is 36.2 Å². The highest BCUT2D eigenvalue weighted by Gasteiger charge is 2.26. The van der Waals surface area contributed by atoms with Crippen molar-refractivity contribution in [1.29, 1.82) is 0 Å². The lowest BCUT2D eigenvalue weighted by Crippen LogP contribution is -3.15. The number of hydrogen-bond acceptors (Lipinski definition) is 2. The van der Waals surface area contributed by atoms with Crippen LogP contribution in [-0.2, 0) is 11.2 Å². The standard InChI is InChI=1S/C21H23Cl2N3O2/c1-2-15-5-3-4-6-19(15)24-20(27)14-25-9-11-26(12-10-25)21(28)16-7-8-17(22)18(23)13-16/h3-8,13H,2,9-12,14H2,1H3,(H,24,27)/p+1. The summed E-state index contributed by atoms with van der Waals surface area (Å²) in [6.07, 6.45) is 0.874. The van der Waals surface area contributed by atoms with E-state index in [1.807, 2.05) is 24.3 Å². The molecule has 148 valence electrons. The lowest BCUT2D eigenvalue weighted by atomic mass is 10.1. The SMILES string of the molecule is CCc1ccccc1NC(=O)C[NH+]1CCN(C(=O)c2ccc(Cl)c(Cl)c2)CC1. The Balaban J connectivity index is 1.51. The van der Waals surface area contributed by atoms with Gasteiger partial charge in [0.25, 0.3) is 11.8 Å². The molecule has 0 radical (unpaired) electrons. The normalized spacial score (nSPS) is 14.8. The zero-order valence-electron chi connectivity index (χ0n) is 15.8. The fraction of sp³-hybridized carbons (Fsp3) is 0.333. The molecule has 1 aliphatic rings. The van der Waals surface area contributed by atoms with Gasteiger partial charge in [0, 0.05) is 11.3 Å². The summed E-state index contributed by atoms with van der Waals surface area (Å²) in [7, 11) is 0. The van der Waals surface area contributed by atoms with Gasteiger partial charge in [-0.2, -0.15) is 0 Å². The number of quaternary nitrogens is 1. The predicted molar refractivity (Wildman–Crippen MR) is 112 cm³/mol. The van der Waals surface area contributed by atoms with E-state index in [4.69, 9.17) is 23.2 Å².